The smallest absolute Gasteiger partial charge is 0.217 e. The van der Waals surface area contributed by atoms with Crippen molar-refractivity contribution < 1.29 is 9.90 Å². The number of aryl methyl sites for hydroxylation is 2. The number of primary amides is 1. The Balaban J connectivity index is 2.08. The second-order valence-electron chi connectivity index (χ2n) is 4.76. The molecule has 0 heterocycles. The Labute approximate surface area is 102 Å². The van der Waals surface area contributed by atoms with Crippen molar-refractivity contribution in [3.63, 3.8) is 0 Å². The van der Waals surface area contributed by atoms with Crippen LogP contribution in [-0.2, 0) is 17.6 Å². The standard InChI is InChI=1S/C14H19NO2/c15-14(17)8-7-13(16)12-6-5-10-3-1-2-4-11(10)9-12/h5-6,9,13,16H,1-4,7-8H2,(H2,15,17). The summed E-state index contributed by atoms with van der Waals surface area (Å²) in [6.45, 7) is 0. The van der Waals surface area contributed by atoms with Crippen LogP contribution in [-0.4, -0.2) is 11.0 Å². The van der Waals surface area contributed by atoms with Gasteiger partial charge in [0.1, 0.15) is 0 Å². The minimum atomic E-state index is -0.574. The molecule has 3 nitrogen and oxygen atoms in total. The van der Waals surface area contributed by atoms with Gasteiger partial charge in [-0.15, -0.1) is 0 Å². The summed E-state index contributed by atoms with van der Waals surface area (Å²) in [7, 11) is 0. The third kappa shape index (κ3) is 3.07. The van der Waals surface area contributed by atoms with E-state index < -0.39 is 6.10 Å². The van der Waals surface area contributed by atoms with Gasteiger partial charge in [-0.05, 0) is 48.8 Å². The van der Waals surface area contributed by atoms with Crippen LogP contribution >= 0.6 is 0 Å². The first-order chi connectivity index (χ1) is 8.16. The summed E-state index contributed by atoms with van der Waals surface area (Å²) in [5.74, 6) is -0.359. The van der Waals surface area contributed by atoms with Crippen LogP contribution in [0, 0.1) is 0 Å². The number of fused-ring (bicyclic) bond motifs is 1. The molecule has 1 aliphatic carbocycles. The SMILES string of the molecule is NC(=O)CCC(O)c1ccc2c(c1)CCCC2. The quantitative estimate of drug-likeness (QED) is 0.833. The van der Waals surface area contributed by atoms with Crippen molar-refractivity contribution in [2.24, 2.45) is 5.73 Å². The van der Waals surface area contributed by atoms with E-state index in [9.17, 15) is 9.90 Å². The highest BCUT2D eigenvalue weighted by atomic mass is 16.3. The van der Waals surface area contributed by atoms with Crippen molar-refractivity contribution in [1.29, 1.82) is 0 Å². The number of nitrogens with two attached hydrogens (primary N) is 1. The number of carbonyl (C=O) groups is 1. The van der Waals surface area contributed by atoms with Crippen LogP contribution in [0.5, 0.6) is 0 Å². The van der Waals surface area contributed by atoms with Gasteiger partial charge in [-0.1, -0.05) is 18.2 Å². The summed E-state index contributed by atoms with van der Waals surface area (Å²) < 4.78 is 0. The molecule has 1 unspecified atom stereocenters. The molecule has 0 radical (unpaired) electrons. The normalized spacial score (nSPS) is 16.3. The van der Waals surface area contributed by atoms with E-state index in [1.165, 1.54) is 24.0 Å². The van der Waals surface area contributed by atoms with Crippen LogP contribution in [0.2, 0.25) is 0 Å². The highest BCUT2D eigenvalue weighted by Gasteiger charge is 2.13. The van der Waals surface area contributed by atoms with E-state index in [2.05, 4.69) is 12.1 Å². The van der Waals surface area contributed by atoms with Gasteiger partial charge in [-0.2, -0.15) is 0 Å². The minimum Gasteiger partial charge on any atom is -0.388 e. The fourth-order valence-corrected chi connectivity index (χ4v) is 2.41. The van der Waals surface area contributed by atoms with Gasteiger partial charge in [0.25, 0.3) is 0 Å². The topological polar surface area (TPSA) is 63.3 Å². The first-order valence-electron chi connectivity index (χ1n) is 6.25. The van der Waals surface area contributed by atoms with E-state index in [-0.39, 0.29) is 12.3 Å². The zero-order valence-electron chi connectivity index (χ0n) is 9.98. The van der Waals surface area contributed by atoms with Crippen LogP contribution in [0.15, 0.2) is 18.2 Å². The first kappa shape index (κ1) is 12.1. The molecular formula is C14H19NO2. The largest absolute Gasteiger partial charge is 0.388 e. The Morgan fingerprint density at radius 3 is 2.71 bits per heavy atom. The predicted octanol–water partition coefficient (Wildman–Crippen LogP) is 1.86. The number of amides is 1. The third-order valence-corrected chi connectivity index (χ3v) is 3.42. The van der Waals surface area contributed by atoms with Crippen molar-refractivity contribution in [3.05, 3.63) is 34.9 Å². The summed E-state index contributed by atoms with van der Waals surface area (Å²) >= 11 is 0. The number of carbonyl (C=O) groups excluding carboxylic acids is 1. The van der Waals surface area contributed by atoms with Crippen LogP contribution in [0.25, 0.3) is 0 Å². The zero-order valence-corrected chi connectivity index (χ0v) is 9.98. The van der Waals surface area contributed by atoms with Crippen LogP contribution in [0.1, 0.15) is 48.5 Å². The van der Waals surface area contributed by atoms with Gasteiger partial charge in [-0.25, -0.2) is 0 Å². The molecule has 1 aromatic rings. The summed E-state index contributed by atoms with van der Waals surface area (Å²) in [6, 6.07) is 6.16. The van der Waals surface area contributed by atoms with Crippen LogP contribution < -0.4 is 5.73 Å². The Bertz CT molecular complexity index is 415. The number of hydrogen-bond donors (Lipinski definition) is 2. The molecular weight excluding hydrogens is 214 g/mol. The second-order valence-corrected chi connectivity index (χ2v) is 4.76. The molecule has 0 aliphatic heterocycles. The fourth-order valence-electron chi connectivity index (χ4n) is 2.41. The molecule has 0 fully saturated rings. The second kappa shape index (κ2) is 5.32. The molecule has 1 aliphatic rings. The molecule has 17 heavy (non-hydrogen) atoms. The van der Waals surface area contributed by atoms with E-state index in [0.717, 1.165) is 18.4 Å². The molecule has 3 N–H and O–H groups in total. The maximum atomic E-state index is 10.7. The van der Waals surface area contributed by atoms with Gasteiger partial charge in [0.15, 0.2) is 0 Å². The molecule has 1 atom stereocenters. The molecule has 0 saturated heterocycles. The zero-order chi connectivity index (χ0) is 12.3. The molecule has 0 aromatic heterocycles. The summed E-state index contributed by atoms with van der Waals surface area (Å²) in [5.41, 5.74) is 8.75. The molecule has 2 rings (SSSR count). The number of benzene rings is 1. The summed E-state index contributed by atoms with van der Waals surface area (Å²) in [4.78, 5) is 10.7. The first-order valence-corrected chi connectivity index (χ1v) is 6.25. The van der Waals surface area contributed by atoms with Crippen LogP contribution in [0.4, 0.5) is 0 Å². The fraction of sp³-hybridized carbons (Fsp3) is 0.500. The number of rotatable bonds is 4. The molecule has 1 aromatic carbocycles. The number of aliphatic hydroxyl groups is 1. The van der Waals surface area contributed by atoms with Gasteiger partial charge in [0.05, 0.1) is 6.10 Å². The van der Waals surface area contributed by atoms with Gasteiger partial charge >= 0.3 is 0 Å². The number of hydrogen-bond acceptors (Lipinski definition) is 2. The average Bonchev–Trinajstić information content (AvgIpc) is 2.35. The lowest BCUT2D eigenvalue weighted by molar-refractivity contribution is -0.118. The lowest BCUT2D eigenvalue weighted by atomic mass is 9.89. The van der Waals surface area contributed by atoms with Gasteiger partial charge in [0, 0.05) is 6.42 Å². The third-order valence-electron chi connectivity index (χ3n) is 3.42. The average molecular weight is 233 g/mol. The van der Waals surface area contributed by atoms with Crippen LogP contribution in [0.3, 0.4) is 0 Å². The Morgan fingerprint density at radius 2 is 2.00 bits per heavy atom. The number of aliphatic hydroxyl groups excluding tert-OH is 1. The highest BCUT2D eigenvalue weighted by Crippen LogP contribution is 2.26. The summed E-state index contributed by atoms with van der Waals surface area (Å²) in [5, 5.41) is 9.96. The highest BCUT2D eigenvalue weighted by molar-refractivity contribution is 5.73. The molecule has 0 spiro atoms. The van der Waals surface area contributed by atoms with E-state index in [4.69, 9.17) is 5.73 Å². The monoisotopic (exact) mass is 233 g/mol. The summed E-state index contributed by atoms with van der Waals surface area (Å²) in [6.07, 6.45) is 4.81. The lowest BCUT2D eigenvalue weighted by Crippen LogP contribution is -2.12. The van der Waals surface area contributed by atoms with Gasteiger partial charge in [0.2, 0.25) is 5.91 Å². The van der Waals surface area contributed by atoms with E-state index >= 15 is 0 Å². The molecule has 0 saturated carbocycles. The Morgan fingerprint density at radius 1 is 1.29 bits per heavy atom. The van der Waals surface area contributed by atoms with E-state index in [1.807, 2.05) is 6.07 Å². The molecule has 3 heteroatoms. The predicted molar refractivity (Wildman–Crippen MR) is 66.5 cm³/mol. The molecule has 92 valence electrons. The Kier molecular flexibility index (Phi) is 3.79. The van der Waals surface area contributed by atoms with Crippen molar-refractivity contribution in [2.75, 3.05) is 0 Å². The van der Waals surface area contributed by atoms with Crippen molar-refractivity contribution in [3.8, 4) is 0 Å². The van der Waals surface area contributed by atoms with E-state index in [1.54, 1.807) is 0 Å². The van der Waals surface area contributed by atoms with Gasteiger partial charge < -0.3 is 10.8 Å². The maximum Gasteiger partial charge on any atom is 0.217 e. The van der Waals surface area contributed by atoms with Gasteiger partial charge in [-0.3, -0.25) is 4.79 Å². The van der Waals surface area contributed by atoms with Crippen molar-refractivity contribution >= 4 is 5.91 Å². The lowest BCUT2D eigenvalue weighted by Gasteiger charge is -2.18. The van der Waals surface area contributed by atoms with Crippen molar-refractivity contribution in [1.82, 2.24) is 0 Å². The maximum absolute atomic E-state index is 10.7. The van der Waals surface area contributed by atoms with E-state index in [0.29, 0.717) is 6.42 Å². The molecule has 1 amide bonds. The van der Waals surface area contributed by atoms with Crippen molar-refractivity contribution in [2.45, 2.75) is 44.6 Å². The molecule has 0 bridgehead atoms. The Hall–Kier alpha value is -1.35. The minimum absolute atomic E-state index is 0.234.